The fraction of sp³-hybridized carbons (Fsp3) is 0.619. The van der Waals surface area contributed by atoms with Gasteiger partial charge in [-0.05, 0) is 132 Å². The van der Waals surface area contributed by atoms with Crippen LogP contribution in [0.15, 0.2) is 41.7 Å². The van der Waals surface area contributed by atoms with Gasteiger partial charge in [-0.2, -0.15) is 0 Å². The molecule has 1 heterocycles. The van der Waals surface area contributed by atoms with Gasteiger partial charge in [-0.1, -0.05) is 81.8 Å². The van der Waals surface area contributed by atoms with E-state index in [2.05, 4.69) is 108 Å². The molecule has 0 N–H and O–H groups in total. The van der Waals surface area contributed by atoms with Crippen LogP contribution in [0.1, 0.15) is 118 Å². The highest BCUT2D eigenvalue weighted by molar-refractivity contribution is 7.79. The molecule has 1 saturated heterocycles. The second kappa shape index (κ2) is 13.3. The van der Waals surface area contributed by atoms with Crippen molar-refractivity contribution in [2.45, 2.75) is 148 Å². The first-order valence-corrected chi connectivity index (χ1v) is 21.2. The van der Waals surface area contributed by atoms with E-state index in [0.29, 0.717) is 11.3 Å². The van der Waals surface area contributed by atoms with Gasteiger partial charge in [0.2, 0.25) is 0 Å². The molecular weight excluding hydrogens is 634 g/mol. The van der Waals surface area contributed by atoms with Crippen LogP contribution in [0.25, 0.3) is 0 Å². The van der Waals surface area contributed by atoms with Crippen LogP contribution in [0.2, 0.25) is 0 Å². The molecule has 2 nitrogen and oxygen atoms in total. The number of nitrogens with zero attached hydrogens (tertiary/aromatic N) is 2. The normalized spacial score (nSPS) is 24.6. The average molecular weight is 694 g/mol. The molecule has 0 bridgehead atoms. The summed E-state index contributed by atoms with van der Waals surface area (Å²) in [6.45, 7) is 20.4. The molecule has 5 heteroatoms. The van der Waals surface area contributed by atoms with Crippen LogP contribution in [0.5, 0.6) is 0 Å². The van der Waals surface area contributed by atoms with Gasteiger partial charge in [0.1, 0.15) is 5.82 Å². The molecule has 47 heavy (non-hydrogen) atoms. The highest BCUT2D eigenvalue weighted by Crippen LogP contribution is 2.78. The molecule has 3 saturated carbocycles. The maximum atomic E-state index is 8.71. The number of anilines is 2. The minimum Gasteiger partial charge on any atom is -0.325 e. The lowest BCUT2D eigenvalue weighted by molar-refractivity contribution is 0.549. The van der Waals surface area contributed by atoms with Gasteiger partial charge in [0.15, 0.2) is 0 Å². The van der Waals surface area contributed by atoms with Crippen LogP contribution < -0.4 is 9.80 Å². The number of benzene rings is 2. The Labute approximate surface area is 297 Å². The van der Waals surface area contributed by atoms with Crippen LogP contribution in [-0.4, -0.2) is 39.9 Å². The number of allylic oxidation sites excluding steroid dienone is 2. The van der Waals surface area contributed by atoms with Gasteiger partial charge >= 0.3 is 0 Å². The summed E-state index contributed by atoms with van der Waals surface area (Å²) in [5.41, 5.74) is 17.7. The Balaban J connectivity index is 1.72. The number of hydrogen-bond acceptors (Lipinski definition) is 2. The molecule has 256 valence electrons. The molecule has 0 spiro atoms. The van der Waals surface area contributed by atoms with E-state index in [4.69, 9.17) is 23.2 Å². The smallest absolute Gasteiger partial charge is 0.116 e. The molecule has 0 amide bonds. The molecule has 2 unspecified atom stereocenters. The van der Waals surface area contributed by atoms with Crippen LogP contribution >= 0.6 is 30.1 Å². The molecule has 0 radical (unpaired) electrons. The van der Waals surface area contributed by atoms with Crippen LogP contribution in [0.3, 0.4) is 0 Å². The van der Waals surface area contributed by atoms with Gasteiger partial charge in [-0.3, -0.25) is 0 Å². The van der Waals surface area contributed by atoms with E-state index in [0.717, 1.165) is 25.9 Å². The summed E-state index contributed by atoms with van der Waals surface area (Å²) >= 11 is 16.5. The standard InChI is InChI=1S/C42H59Cl2N2P/c1-28-24-30(3)38(31(4)25-28)45-21-22-46(39-32(5)26-29(2)27-33(39)6)40(45)37-36(43)18-19-42(37,44)47(23-20-41(7,8)9,34-14-10-11-15-34)35-16-12-13-17-35/h20,24-27,34-36H,10-19,21-22H2,1-9H3. The zero-order chi connectivity index (χ0) is 33.9. The molecule has 2 aromatic carbocycles. The first kappa shape index (κ1) is 35.3. The molecule has 0 aromatic heterocycles. The quantitative estimate of drug-likeness (QED) is 0.227. The Hall–Kier alpha value is -1.56. The van der Waals surface area contributed by atoms with E-state index in [9.17, 15) is 0 Å². The number of hydrogen-bond donors (Lipinski definition) is 0. The summed E-state index contributed by atoms with van der Waals surface area (Å²) in [5, 5.41) is -0.0960. The molecular formula is C42H59Cl2N2P. The molecule has 4 fully saturated rings. The average Bonchev–Trinajstić information content (AvgIpc) is 3.78. The van der Waals surface area contributed by atoms with Crippen molar-refractivity contribution in [3.63, 3.8) is 0 Å². The number of halogens is 2. The fourth-order valence-electron chi connectivity index (χ4n) is 10.1. The maximum absolute atomic E-state index is 8.71. The van der Waals surface area contributed by atoms with E-state index in [1.165, 1.54) is 108 Å². The lowest BCUT2D eigenvalue weighted by Crippen LogP contribution is -2.38. The van der Waals surface area contributed by atoms with Crippen molar-refractivity contribution in [1.29, 1.82) is 0 Å². The van der Waals surface area contributed by atoms with Gasteiger partial charge in [-0.25, -0.2) is 0 Å². The minimum atomic E-state index is -2.03. The summed E-state index contributed by atoms with van der Waals surface area (Å²) in [6, 6.07) is 9.41. The number of aryl methyl sites for hydroxylation is 6. The highest BCUT2D eigenvalue weighted by atomic mass is 35.5. The van der Waals surface area contributed by atoms with Crippen LogP contribution in [0.4, 0.5) is 11.4 Å². The lowest BCUT2D eigenvalue weighted by atomic mass is 9.98. The second-order valence-corrected chi connectivity index (χ2v) is 22.1. The Morgan fingerprint density at radius 2 is 1.13 bits per heavy atom. The molecule has 1 aliphatic heterocycles. The van der Waals surface area contributed by atoms with Crippen molar-refractivity contribution in [3.8, 4) is 0 Å². The first-order valence-electron chi connectivity index (χ1n) is 18.5. The lowest BCUT2D eigenvalue weighted by Gasteiger charge is -2.48. The summed E-state index contributed by atoms with van der Waals surface area (Å²) in [5.74, 6) is 1.28. The van der Waals surface area contributed by atoms with Gasteiger partial charge < -0.3 is 9.80 Å². The Bertz CT molecular complexity index is 1510. The second-order valence-electron chi connectivity index (χ2n) is 16.6. The van der Waals surface area contributed by atoms with Crippen LogP contribution in [0, 0.1) is 47.0 Å². The van der Waals surface area contributed by atoms with E-state index >= 15 is 0 Å². The van der Waals surface area contributed by atoms with Gasteiger partial charge in [0.25, 0.3) is 0 Å². The van der Waals surface area contributed by atoms with Gasteiger partial charge in [0.05, 0.1) is 9.99 Å². The Kier molecular flexibility index (Phi) is 9.97. The van der Waals surface area contributed by atoms with E-state index in [1.54, 1.807) is 0 Å². The minimum absolute atomic E-state index is 0.0552. The van der Waals surface area contributed by atoms with Crippen molar-refractivity contribution in [3.05, 3.63) is 75.1 Å². The molecule has 3 aliphatic carbocycles. The summed E-state index contributed by atoms with van der Waals surface area (Å²) in [6.07, 6.45) is 14.8. The molecule has 2 aromatic rings. The Morgan fingerprint density at radius 1 is 0.723 bits per heavy atom. The Morgan fingerprint density at radius 3 is 1.51 bits per heavy atom. The first-order chi connectivity index (χ1) is 22.2. The fourth-order valence-corrected chi connectivity index (χ4v) is 18.4. The van der Waals surface area contributed by atoms with Crippen LogP contribution in [-0.2, 0) is 0 Å². The third-order valence-corrected chi connectivity index (χ3v) is 18.9. The highest BCUT2D eigenvalue weighted by Gasteiger charge is 2.59. The number of rotatable bonds is 5. The zero-order valence-corrected chi connectivity index (χ0v) is 33.1. The molecule has 6 rings (SSSR count). The molecule has 4 aliphatic rings. The van der Waals surface area contributed by atoms with Gasteiger partial charge in [0, 0.05) is 30.0 Å². The third-order valence-electron chi connectivity index (χ3n) is 11.7. The topological polar surface area (TPSA) is 6.48 Å². The van der Waals surface area contributed by atoms with Gasteiger partial charge in [-0.15, -0.1) is 28.7 Å². The predicted molar refractivity (Wildman–Crippen MR) is 211 cm³/mol. The summed E-state index contributed by atoms with van der Waals surface area (Å²) in [4.78, 5) is 5.28. The third kappa shape index (κ3) is 6.22. The summed E-state index contributed by atoms with van der Waals surface area (Å²) < 4.78 is -0.500. The summed E-state index contributed by atoms with van der Waals surface area (Å²) in [7, 11) is 0. The van der Waals surface area contributed by atoms with Crippen molar-refractivity contribution < 1.29 is 0 Å². The maximum Gasteiger partial charge on any atom is 0.116 e. The van der Waals surface area contributed by atoms with Crippen molar-refractivity contribution >= 4 is 46.9 Å². The number of alkyl halides is 2. The van der Waals surface area contributed by atoms with Crippen molar-refractivity contribution in [1.82, 2.24) is 0 Å². The van der Waals surface area contributed by atoms with E-state index < -0.39 is 11.5 Å². The van der Waals surface area contributed by atoms with E-state index in [-0.39, 0.29) is 10.8 Å². The van der Waals surface area contributed by atoms with Crippen molar-refractivity contribution in [2.75, 3.05) is 22.9 Å². The zero-order valence-electron chi connectivity index (χ0n) is 30.7. The predicted octanol–water partition coefficient (Wildman–Crippen LogP) is 12.3. The van der Waals surface area contributed by atoms with E-state index in [1.807, 2.05) is 0 Å². The largest absolute Gasteiger partial charge is 0.325 e. The van der Waals surface area contributed by atoms with Crippen molar-refractivity contribution in [2.24, 2.45) is 5.41 Å². The SMILES string of the molecule is Cc1cc(C)c(N2CCN(c3c(C)cc(C)cc3C)C2=C2C(Cl)CCC2(Cl)P(=C=CC(C)(C)C)(C2CCCC2)C2CCCC2)c(C)c1. The molecule has 2 atom stereocenters. The monoisotopic (exact) mass is 692 g/mol.